The van der Waals surface area contributed by atoms with Crippen LogP contribution >= 0.6 is 81.5 Å². The zero-order valence-electron chi connectivity index (χ0n) is 18.7. The van der Waals surface area contributed by atoms with Crippen molar-refractivity contribution in [2.24, 2.45) is 0 Å². The molecular formula is C23H20Cl5N3O2S3. The number of piperazine rings is 1. The summed E-state index contributed by atoms with van der Waals surface area (Å²) in [4.78, 5) is 2.45. The van der Waals surface area contributed by atoms with Crippen LogP contribution < -0.4 is 14.9 Å². The molecule has 1 aliphatic rings. The van der Waals surface area contributed by atoms with Gasteiger partial charge in [0.2, 0.25) is 0 Å². The van der Waals surface area contributed by atoms with E-state index < -0.39 is 10.0 Å². The lowest BCUT2D eigenvalue weighted by atomic mass is 9.94. The number of anilines is 2. The average Bonchev–Trinajstić information content (AvgIpc) is 3.31. The fraction of sp³-hybridized carbons (Fsp3) is 0.217. The fourth-order valence-electron chi connectivity index (χ4n) is 4.52. The van der Waals surface area contributed by atoms with Crippen molar-refractivity contribution in [3.05, 3.63) is 59.3 Å². The summed E-state index contributed by atoms with van der Waals surface area (Å²) in [7, 11) is -4.05. The van der Waals surface area contributed by atoms with E-state index in [1.807, 2.05) is 31.2 Å². The van der Waals surface area contributed by atoms with Crippen molar-refractivity contribution < 1.29 is 8.42 Å². The van der Waals surface area contributed by atoms with Gasteiger partial charge in [0.15, 0.2) is 0 Å². The van der Waals surface area contributed by atoms with E-state index in [-0.39, 0.29) is 27.3 Å². The second-order valence-electron chi connectivity index (χ2n) is 8.04. The zero-order valence-corrected chi connectivity index (χ0v) is 25.0. The molecule has 13 heteroatoms. The maximum atomic E-state index is 13.9. The van der Waals surface area contributed by atoms with Gasteiger partial charge in [-0.05, 0) is 24.6 Å². The third-order valence-corrected chi connectivity index (χ3v) is 10.4. The predicted octanol–water partition coefficient (Wildman–Crippen LogP) is 8.18. The molecule has 0 unspecified atom stereocenters. The van der Waals surface area contributed by atoms with E-state index in [2.05, 4.69) is 14.9 Å². The number of sulfonamides is 1. The minimum absolute atomic E-state index is 0. The summed E-state index contributed by atoms with van der Waals surface area (Å²) in [5, 5.41) is 4.81. The molecule has 3 heterocycles. The minimum Gasteiger partial charge on any atom is -0.368 e. The summed E-state index contributed by atoms with van der Waals surface area (Å²) in [6.45, 7) is 5.01. The smallest absolute Gasteiger partial charge is 0.262 e. The number of hydrogen-bond donors (Lipinski definition) is 2. The number of benzene rings is 2. The van der Waals surface area contributed by atoms with Gasteiger partial charge in [0.1, 0.15) is 8.67 Å². The third-order valence-electron chi connectivity index (χ3n) is 5.91. The largest absolute Gasteiger partial charge is 0.368 e. The van der Waals surface area contributed by atoms with Crippen molar-refractivity contribution in [1.82, 2.24) is 5.32 Å². The van der Waals surface area contributed by atoms with Crippen molar-refractivity contribution in [1.29, 1.82) is 0 Å². The number of halogens is 5. The van der Waals surface area contributed by atoms with Gasteiger partial charge in [0.05, 0.1) is 24.9 Å². The van der Waals surface area contributed by atoms with Crippen molar-refractivity contribution in [2.45, 2.75) is 11.8 Å². The molecule has 5 nitrogen and oxygen atoms in total. The van der Waals surface area contributed by atoms with Gasteiger partial charge < -0.3 is 10.2 Å². The van der Waals surface area contributed by atoms with E-state index in [1.165, 1.54) is 17.4 Å². The predicted molar refractivity (Wildman–Crippen MR) is 159 cm³/mol. The summed E-state index contributed by atoms with van der Waals surface area (Å²) < 4.78 is 32.1. The molecule has 2 aromatic carbocycles. The summed E-state index contributed by atoms with van der Waals surface area (Å²) >= 11 is 27.6. The molecule has 1 aliphatic heterocycles. The van der Waals surface area contributed by atoms with E-state index >= 15 is 0 Å². The highest BCUT2D eigenvalue weighted by Gasteiger charge is 2.30. The molecule has 0 spiro atoms. The van der Waals surface area contributed by atoms with Crippen LogP contribution in [0.25, 0.3) is 21.9 Å². The molecule has 1 fully saturated rings. The van der Waals surface area contributed by atoms with Crippen LogP contribution in [0, 0.1) is 6.92 Å². The molecule has 0 radical (unpaired) electrons. The first-order valence-electron chi connectivity index (χ1n) is 10.6. The van der Waals surface area contributed by atoms with Crippen molar-refractivity contribution in [3.8, 4) is 11.1 Å². The van der Waals surface area contributed by atoms with Crippen LogP contribution in [0.5, 0.6) is 0 Å². The first-order chi connectivity index (χ1) is 16.7. The van der Waals surface area contributed by atoms with E-state index in [0.29, 0.717) is 29.5 Å². The molecule has 2 N–H and O–H groups in total. The van der Waals surface area contributed by atoms with Gasteiger partial charge in [-0.15, -0.1) is 35.1 Å². The summed E-state index contributed by atoms with van der Waals surface area (Å²) in [6, 6.07) is 10.8. The van der Waals surface area contributed by atoms with Crippen molar-refractivity contribution >= 4 is 114 Å². The SMILES string of the molecule is Cc1c(-c2cc(Cl)sc2Cl)c(N2CCNCC2)c2ccccc2c1S(=O)(=O)Nc1cc(Cl)sc1Cl.Cl. The van der Waals surface area contributed by atoms with Crippen LogP contribution in [-0.2, 0) is 10.0 Å². The molecule has 0 amide bonds. The number of rotatable bonds is 5. The van der Waals surface area contributed by atoms with Gasteiger partial charge in [0.25, 0.3) is 10.0 Å². The Morgan fingerprint density at radius 2 is 1.56 bits per heavy atom. The van der Waals surface area contributed by atoms with Crippen LogP contribution in [0.1, 0.15) is 5.56 Å². The fourth-order valence-corrected chi connectivity index (χ4v) is 9.02. The highest BCUT2D eigenvalue weighted by Crippen LogP contribution is 2.49. The quantitative estimate of drug-likeness (QED) is 0.230. The minimum atomic E-state index is -4.05. The number of hydrogen-bond acceptors (Lipinski definition) is 6. The van der Waals surface area contributed by atoms with E-state index in [0.717, 1.165) is 54.2 Å². The van der Waals surface area contributed by atoms with Gasteiger partial charge in [-0.25, -0.2) is 8.42 Å². The molecule has 2 aromatic heterocycles. The maximum absolute atomic E-state index is 13.9. The molecule has 192 valence electrons. The number of fused-ring (bicyclic) bond motifs is 1. The van der Waals surface area contributed by atoms with Gasteiger partial charge >= 0.3 is 0 Å². The second-order valence-corrected chi connectivity index (χ2v) is 14.2. The zero-order chi connectivity index (χ0) is 24.9. The van der Waals surface area contributed by atoms with Crippen LogP contribution in [0.2, 0.25) is 17.3 Å². The van der Waals surface area contributed by atoms with Crippen LogP contribution in [0.4, 0.5) is 11.4 Å². The van der Waals surface area contributed by atoms with E-state index in [4.69, 9.17) is 46.4 Å². The van der Waals surface area contributed by atoms with Crippen LogP contribution in [0.3, 0.4) is 0 Å². The summed E-state index contributed by atoms with van der Waals surface area (Å²) in [5.74, 6) is 0. The Kier molecular flexibility index (Phi) is 8.61. The van der Waals surface area contributed by atoms with Crippen molar-refractivity contribution in [3.63, 3.8) is 0 Å². The van der Waals surface area contributed by atoms with Crippen LogP contribution in [-0.4, -0.2) is 34.6 Å². The highest BCUT2D eigenvalue weighted by molar-refractivity contribution is 7.93. The molecule has 1 saturated heterocycles. The Morgan fingerprint density at radius 3 is 2.14 bits per heavy atom. The third kappa shape index (κ3) is 5.17. The van der Waals surface area contributed by atoms with Gasteiger partial charge in [-0.1, -0.05) is 70.7 Å². The Bertz CT molecular complexity index is 1550. The average molecular weight is 644 g/mol. The standard InChI is InChI=1S/C23H19Cl4N3O2S3.ClH/c1-12-19(15-10-17(24)33-22(15)26)20(30-8-6-28-7-9-30)13-4-2-3-5-14(13)21(12)35(31,32)29-16-11-18(25)34-23(16)27;/h2-5,10-11,28-29H,6-9H2,1H3;1H. The lowest BCUT2D eigenvalue weighted by molar-refractivity contribution is 0.590. The monoisotopic (exact) mass is 641 g/mol. The maximum Gasteiger partial charge on any atom is 0.262 e. The number of nitrogens with zero attached hydrogens (tertiary/aromatic N) is 1. The normalized spacial score (nSPS) is 14.2. The number of thiophene rings is 2. The topological polar surface area (TPSA) is 61.4 Å². The highest BCUT2D eigenvalue weighted by atomic mass is 35.5. The molecule has 0 atom stereocenters. The van der Waals surface area contributed by atoms with E-state index in [1.54, 1.807) is 6.07 Å². The lowest BCUT2D eigenvalue weighted by Crippen LogP contribution is -2.44. The van der Waals surface area contributed by atoms with Gasteiger partial charge in [0, 0.05) is 48.1 Å². The Morgan fingerprint density at radius 1 is 0.944 bits per heavy atom. The van der Waals surface area contributed by atoms with Gasteiger partial charge in [-0.3, -0.25) is 4.72 Å². The van der Waals surface area contributed by atoms with Crippen LogP contribution in [0.15, 0.2) is 41.3 Å². The second kappa shape index (κ2) is 11.0. The molecule has 0 bridgehead atoms. The van der Waals surface area contributed by atoms with E-state index in [9.17, 15) is 8.42 Å². The molecule has 0 aliphatic carbocycles. The molecule has 36 heavy (non-hydrogen) atoms. The molecule has 4 aromatic rings. The summed E-state index contributed by atoms with van der Waals surface area (Å²) in [5.41, 5.74) is 3.25. The first-order valence-corrected chi connectivity index (χ1v) is 15.2. The lowest BCUT2D eigenvalue weighted by Gasteiger charge is -2.33. The molecular weight excluding hydrogens is 624 g/mol. The molecule has 5 rings (SSSR count). The first kappa shape index (κ1) is 28.1. The Labute approximate surface area is 243 Å². The molecule has 0 saturated carbocycles. The van der Waals surface area contributed by atoms with Crippen molar-refractivity contribution in [2.75, 3.05) is 35.8 Å². The Hall–Kier alpha value is -0.940. The summed E-state index contributed by atoms with van der Waals surface area (Å²) in [6.07, 6.45) is 0. The number of nitrogens with one attached hydrogen (secondary N) is 2. The van der Waals surface area contributed by atoms with Gasteiger partial charge in [-0.2, -0.15) is 0 Å². The Balaban J connectivity index is 0.00000304.